The highest BCUT2D eigenvalue weighted by atomic mass is 35.5. The fourth-order valence-electron chi connectivity index (χ4n) is 3.95. The number of amides is 1. The van der Waals surface area contributed by atoms with Gasteiger partial charge in [-0.2, -0.15) is 0 Å². The van der Waals surface area contributed by atoms with Crippen molar-refractivity contribution in [2.45, 2.75) is 19.4 Å². The van der Waals surface area contributed by atoms with Crippen molar-refractivity contribution in [2.75, 3.05) is 39.3 Å². The van der Waals surface area contributed by atoms with Crippen molar-refractivity contribution in [2.24, 2.45) is 0 Å². The third kappa shape index (κ3) is 6.36. The van der Waals surface area contributed by atoms with E-state index < -0.39 is 0 Å². The van der Waals surface area contributed by atoms with Gasteiger partial charge in [-0.05, 0) is 48.7 Å². The van der Waals surface area contributed by atoms with Gasteiger partial charge in [0.2, 0.25) is 0 Å². The maximum absolute atomic E-state index is 12.5. The van der Waals surface area contributed by atoms with Gasteiger partial charge in [-0.25, -0.2) is 0 Å². The Morgan fingerprint density at radius 2 is 1.58 bits per heavy atom. The van der Waals surface area contributed by atoms with Crippen molar-refractivity contribution in [3.63, 3.8) is 0 Å². The molecule has 3 aromatic rings. The van der Waals surface area contributed by atoms with Crippen LogP contribution in [0.25, 0.3) is 0 Å². The fourth-order valence-corrected chi connectivity index (χ4v) is 4.21. The molecular formula is C25H27Cl2N3O3. The maximum atomic E-state index is 12.5. The number of carbonyl (C=O) groups is 1. The summed E-state index contributed by atoms with van der Waals surface area (Å²) in [5.41, 5.74) is 2.48. The van der Waals surface area contributed by atoms with E-state index in [2.05, 4.69) is 10.1 Å². The summed E-state index contributed by atoms with van der Waals surface area (Å²) in [6.07, 6.45) is 0.716. The van der Waals surface area contributed by atoms with Crippen LogP contribution >= 0.6 is 23.2 Å². The lowest BCUT2D eigenvalue weighted by molar-refractivity contribution is 0.0543. The minimum Gasteiger partial charge on any atom is -0.369 e. The van der Waals surface area contributed by atoms with Gasteiger partial charge in [-0.3, -0.25) is 9.69 Å². The molecule has 0 aliphatic carbocycles. The molecule has 8 heteroatoms. The van der Waals surface area contributed by atoms with E-state index >= 15 is 0 Å². The molecule has 4 rings (SSSR count). The summed E-state index contributed by atoms with van der Waals surface area (Å²) in [6, 6.07) is 17.2. The average molecular weight is 488 g/mol. The number of aryl methyl sites for hydroxylation is 1. The molecule has 1 aliphatic rings. The highest BCUT2D eigenvalue weighted by molar-refractivity contribution is 6.30. The number of benzene rings is 2. The lowest BCUT2D eigenvalue weighted by Gasteiger charge is -2.34. The summed E-state index contributed by atoms with van der Waals surface area (Å²) < 4.78 is 11.3. The quantitative estimate of drug-likeness (QED) is 0.406. The number of hydrogen-bond acceptors (Lipinski definition) is 5. The Hall–Kier alpha value is -2.38. The molecule has 0 bridgehead atoms. The van der Waals surface area contributed by atoms with E-state index in [4.69, 9.17) is 32.5 Å². The Balaban J connectivity index is 1.26. The van der Waals surface area contributed by atoms with Crippen LogP contribution in [0.2, 0.25) is 10.0 Å². The Labute approximate surface area is 204 Å². The number of rotatable bonds is 8. The van der Waals surface area contributed by atoms with E-state index in [-0.39, 0.29) is 12.0 Å². The van der Waals surface area contributed by atoms with Crippen LogP contribution in [0.5, 0.6) is 0 Å². The molecule has 0 atom stereocenters. The largest absolute Gasteiger partial charge is 0.369 e. The van der Waals surface area contributed by atoms with Gasteiger partial charge in [0.1, 0.15) is 11.9 Å². The molecule has 174 valence electrons. The molecule has 2 aromatic carbocycles. The van der Waals surface area contributed by atoms with Crippen LogP contribution in [0.1, 0.15) is 39.9 Å². The summed E-state index contributed by atoms with van der Waals surface area (Å²) in [4.78, 5) is 16.7. The molecule has 33 heavy (non-hydrogen) atoms. The topological polar surface area (TPSA) is 58.8 Å². The molecule has 0 spiro atoms. The molecule has 1 aromatic heterocycles. The van der Waals surface area contributed by atoms with Gasteiger partial charge in [0.15, 0.2) is 5.69 Å². The first-order chi connectivity index (χ1) is 16.0. The summed E-state index contributed by atoms with van der Waals surface area (Å²) in [5.74, 6) is 0.580. The van der Waals surface area contributed by atoms with Crippen molar-refractivity contribution >= 4 is 29.1 Å². The number of ether oxygens (including phenoxy) is 1. The summed E-state index contributed by atoms with van der Waals surface area (Å²) in [7, 11) is 0. The molecule has 0 radical (unpaired) electrons. The molecule has 0 saturated carbocycles. The molecule has 0 unspecified atom stereocenters. The number of halogens is 2. The van der Waals surface area contributed by atoms with Crippen molar-refractivity contribution in [3.05, 3.63) is 87.2 Å². The van der Waals surface area contributed by atoms with E-state index in [9.17, 15) is 4.79 Å². The lowest BCUT2D eigenvalue weighted by Crippen LogP contribution is -2.49. The normalized spacial score (nSPS) is 14.7. The van der Waals surface area contributed by atoms with Gasteiger partial charge < -0.3 is 14.2 Å². The average Bonchev–Trinajstić information content (AvgIpc) is 3.27. The van der Waals surface area contributed by atoms with Gasteiger partial charge in [0.25, 0.3) is 5.91 Å². The molecular weight excluding hydrogens is 461 g/mol. The van der Waals surface area contributed by atoms with E-state index in [1.165, 1.54) is 0 Å². The second-order valence-corrected chi connectivity index (χ2v) is 9.04. The molecule has 1 fully saturated rings. The van der Waals surface area contributed by atoms with Crippen molar-refractivity contribution in [1.82, 2.24) is 15.0 Å². The van der Waals surface area contributed by atoms with Crippen LogP contribution in [0.15, 0.2) is 59.1 Å². The molecule has 1 amide bonds. The van der Waals surface area contributed by atoms with Crippen molar-refractivity contribution < 1.29 is 14.1 Å². The van der Waals surface area contributed by atoms with E-state index in [0.717, 1.165) is 37.2 Å². The highest BCUT2D eigenvalue weighted by Crippen LogP contribution is 2.28. The van der Waals surface area contributed by atoms with E-state index in [1.807, 2.05) is 53.4 Å². The molecule has 0 N–H and O–H groups in total. The Morgan fingerprint density at radius 3 is 2.09 bits per heavy atom. The number of hydrogen-bond donors (Lipinski definition) is 0. The fraction of sp³-hybridized carbons (Fsp3) is 0.360. The monoisotopic (exact) mass is 487 g/mol. The SMILES string of the molecule is Cc1cc(C(=O)N2CCN(CCCOC(c3ccc(Cl)cc3)c3ccc(Cl)cc3)CC2)no1. The standard InChI is InChI=1S/C25H27Cl2N3O3/c1-18-17-23(28-33-18)25(31)30-14-12-29(13-15-30)11-2-16-32-24(19-3-7-21(26)8-4-19)20-5-9-22(27)10-6-20/h3-10,17,24H,2,11-16H2,1H3. The van der Waals surface area contributed by atoms with E-state index in [1.54, 1.807) is 13.0 Å². The van der Waals surface area contributed by atoms with Crippen LogP contribution in [0.4, 0.5) is 0 Å². The molecule has 2 heterocycles. The first-order valence-corrected chi connectivity index (χ1v) is 11.8. The highest BCUT2D eigenvalue weighted by Gasteiger charge is 2.24. The zero-order valence-electron chi connectivity index (χ0n) is 18.5. The Kier molecular flexibility index (Phi) is 8.04. The van der Waals surface area contributed by atoms with E-state index in [0.29, 0.717) is 41.2 Å². The number of piperazine rings is 1. The molecule has 1 aliphatic heterocycles. The molecule has 6 nitrogen and oxygen atoms in total. The van der Waals surface area contributed by atoms with Crippen LogP contribution < -0.4 is 0 Å². The minimum absolute atomic E-state index is 0.0661. The van der Waals surface area contributed by atoms with Crippen LogP contribution in [0.3, 0.4) is 0 Å². The second kappa shape index (κ2) is 11.2. The summed E-state index contributed by atoms with van der Waals surface area (Å²) >= 11 is 12.1. The van der Waals surface area contributed by atoms with Gasteiger partial charge in [-0.15, -0.1) is 0 Å². The minimum atomic E-state index is -0.181. The maximum Gasteiger partial charge on any atom is 0.276 e. The van der Waals surface area contributed by atoms with Crippen LogP contribution in [0, 0.1) is 6.92 Å². The second-order valence-electron chi connectivity index (χ2n) is 8.16. The number of aromatic nitrogens is 1. The number of nitrogens with zero attached hydrogens (tertiary/aromatic N) is 3. The summed E-state index contributed by atoms with van der Waals surface area (Å²) in [6.45, 7) is 6.36. The molecule has 1 saturated heterocycles. The van der Waals surface area contributed by atoms with Crippen LogP contribution in [-0.4, -0.2) is 60.2 Å². The smallest absolute Gasteiger partial charge is 0.276 e. The third-order valence-electron chi connectivity index (χ3n) is 5.76. The van der Waals surface area contributed by atoms with Gasteiger partial charge in [0.05, 0.1) is 0 Å². The first-order valence-electron chi connectivity index (χ1n) is 11.1. The van der Waals surface area contributed by atoms with Crippen molar-refractivity contribution in [1.29, 1.82) is 0 Å². The summed E-state index contributed by atoms with van der Waals surface area (Å²) in [5, 5.41) is 5.23. The van der Waals surface area contributed by atoms with Crippen LogP contribution in [-0.2, 0) is 4.74 Å². The first kappa shape index (κ1) is 23.8. The van der Waals surface area contributed by atoms with Gasteiger partial charge in [-0.1, -0.05) is 52.6 Å². The zero-order chi connectivity index (χ0) is 23.2. The number of carbonyl (C=O) groups excluding carboxylic acids is 1. The van der Waals surface area contributed by atoms with Gasteiger partial charge >= 0.3 is 0 Å². The third-order valence-corrected chi connectivity index (χ3v) is 6.26. The lowest BCUT2D eigenvalue weighted by atomic mass is 10.0. The Morgan fingerprint density at radius 1 is 1.00 bits per heavy atom. The van der Waals surface area contributed by atoms with Gasteiger partial charge in [0, 0.05) is 55.4 Å². The zero-order valence-corrected chi connectivity index (χ0v) is 20.1. The predicted octanol–water partition coefficient (Wildman–Crippen LogP) is 5.24. The Bertz CT molecular complexity index is 1000. The predicted molar refractivity (Wildman–Crippen MR) is 129 cm³/mol. The van der Waals surface area contributed by atoms with Crippen molar-refractivity contribution in [3.8, 4) is 0 Å².